The number of benzene rings is 2. The Morgan fingerprint density at radius 3 is 2.72 bits per heavy atom. The molecule has 1 heterocycles. The maximum absolute atomic E-state index is 12.8. The van der Waals surface area contributed by atoms with Crippen LogP contribution in [0.25, 0.3) is 0 Å². The fraction of sp³-hybridized carbons (Fsp3) is 0.118. The first kappa shape index (κ1) is 17.0. The third kappa shape index (κ3) is 4.36. The Labute approximate surface area is 146 Å². The Morgan fingerprint density at radius 2 is 1.96 bits per heavy atom. The van der Waals surface area contributed by atoms with Gasteiger partial charge in [0.1, 0.15) is 5.82 Å². The number of halogens is 1. The lowest BCUT2D eigenvalue weighted by Gasteiger charge is -2.16. The number of ether oxygens (including phenoxy) is 1. The van der Waals surface area contributed by atoms with Crippen molar-refractivity contribution in [1.29, 1.82) is 0 Å². The fourth-order valence-electron chi connectivity index (χ4n) is 2.15. The number of nitrogens with one attached hydrogen (secondary N) is 2. The minimum Gasteiger partial charge on any atom is -0.452 e. The summed E-state index contributed by atoms with van der Waals surface area (Å²) >= 11 is 1.38. The summed E-state index contributed by atoms with van der Waals surface area (Å²) in [6, 6.07) is 10.0. The van der Waals surface area contributed by atoms with Gasteiger partial charge in [-0.25, -0.2) is 9.18 Å². The highest BCUT2D eigenvalue weighted by Crippen LogP contribution is 2.32. The predicted molar refractivity (Wildman–Crippen MR) is 91.1 cm³/mol. The minimum absolute atomic E-state index is 0.137. The van der Waals surface area contributed by atoms with Crippen molar-refractivity contribution < 1.29 is 23.5 Å². The van der Waals surface area contributed by atoms with Gasteiger partial charge in [-0.1, -0.05) is 0 Å². The molecule has 2 N–H and O–H groups in total. The predicted octanol–water partition coefficient (Wildman–Crippen LogP) is 2.67. The van der Waals surface area contributed by atoms with Crippen LogP contribution in [0.5, 0.6) is 0 Å². The van der Waals surface area contributed by atoms with E-state index in [0.29, 0.717) is 17.1 Å². The van der Waals surface area contributed by atoms with Gasteiger partial charge in [0.15, 0.2) is 6.61 Å². The quantitative estimate of drug-likeness (QED) is 0.819. The summed E-state index contributed by atoms with van der Waals surface area (Å²) in [6.07, 6.45) is 0. The van der Waals surface area contributed by atoms with Crippen molar-refractivity contribution in [3.05, 3.63) is 53.8 Å². The molecule has 1 aliphatic rings. The van der Waals surface area contributed by atoms with Crippen molar-refractivity contribution in [3.63, 3.8) is 0 Å². The summed E-state index contributed by atoms with van der Waals surface area (Å²) in [6.45, 7) is -0.478. The summed E-state index contributed by atoms with van der Waals surface area (Å²) in [7, 11) is 0. The summed E-state index contributed by atoms with van der Waals surface area (Å²) in [5.41, 5.74) is 1.18. The van der Waals surface area contributed by atoms with E-state index in [1.54, 1.807) is 12.1 Å². The van der Waals surface area contributed by atoms with Crippen molar-refractivity contribution in [2.75, 3.05) is 23.0 Å². The zero-order chi connectivity index (χ0) is 17.8. The SMILES string of the molecule is O=C(COC(=O)c1ccc2c(c1)NC(=O)CS2)Nc1ccc(F)cc1. The first-order valence-corrected chi connectivity index (χ1v) is 8.29. The van der Waals surface area contributed by atoms with Crippen molar-refractivity contribution in [2.24, 2.45) is 0 Å². The molecule has 25 heavy (non-hydrogen) atoms. The molecule has 0 unspecified atom stereocenters. The van der Waals surface area contributed by atoms with Crippen LogP contribution < -0.4 is 10.6 Å². The average molecular weight is 360 g/mol. The van der Waals surface area contributed by atoms with Crippen LogP contribution >= 0.6 is 11.8 Å². The van der Waals surface area contributed by atoms with E-state index in [4.69, 9.17) is 4.74 Å². The third-order valence-electron chi connectivity index (χ3n) is 3.31. The largest absolute Gasteiger partial charge is 0.452 e. The molecule has 0 atom stereocenters. The molecule has 128 valence electrons. The maximum atomic E-state index is 12.8. The number of hydrogen-bond acceptors (Lipinski definition) is 5. The molecule has 2 aromatic carbocycles. The van der Waals surface area contributed by atoms with E-state index >= 15 is 0 Å². The van der Waals surface area contributed by atoms with Crippen LogP contribution in [0.4, 0.5) is 15.8 Å². The number of anilines is 2. The van der Waals surface area contributed by atoms with Crippen LogP contribution in [0.1, 0.15) is 10.4 Å². The second-order valence-electron chi connectivity index (χ2n) is 5.18. The van der Waals surface area contributed by atoms with Crippen molar-refractivity contribution in [1.82, 2.24) is 0 Å². The summed E-state index contributed by atoms with van der Waals surface area (Å²) < 4.78 is 17.8. The Balaban J connectivity index is 1.57. The number of carbonyl (C=O) groups excluding carboxylic acids is 3. The van der Waals surface area contributed by atoms with Gasteiger partial charge in [0.05, 0.1) is 17.0 Å². The smallest absolute Gasteiger partial charge is 0.338 e. The van der Waals surface area contributed by atoms with Crippen LogP contribution in [0.3, 0.4) is 0 Å². The number of thioether (sulfide) groups is 1. The van der Waals surface area contributed by atoms with Gasteiger partial charge in [-0.3, -0.25) is 9.59 Å². The summed E-state index contributed by atoms with van der Waals surface area (Å²) in [5, 5.41) is 5.17. The van der Waals surface area contributed by atoms with E-state index in [0.717, 1.165) is 4.90 Å². The molecule has 8 heteroatoms. The van der Waals surface area contributed by atoms with E-state index < -0.39 is 24.3 Å². The average Bonchev–Trinajstić information content (AvgIpc) is 2.61. The number of fused-ring (bicyclic) bond motifs is 1. The summed E-state index contributed by atoms with van der Waals surface area (Å²) in [4.78, 5) is 36.1. The minimum atomic E-state index is -0.679. The maximum Gasteiger partial charge on any atom is 0.338 e. The van der Waals surface area contributed by atoms with E-state index in [1.807, 2.05) is 0 Å². The van der Waals surface area contributed by atoms with Gasteiger partial charge < -0.3 is 15.4 Å². The standard InChI is InChI=1S/C17H13FN2O4S/c18-11-2-4-12(5-3-11)19-15(21)8-24-17(23)10-1-6-14-13(7-10)20-16(22)9-25-14/h1-7H,8-9H2,(H,19,21)(H,20,22). The number of rotatable bonds is 4. The van der Waals surface area contributed by atoms with Crippen LogP contribution in [-0.4, -0.2) is 30.1 Å². The van der Waals surface area contributed by atoms with Crippen LogP contribution in [0.2, 0.25) is 0 Å². The van der Waals surface area contributed by atoms with E-state index in [-0.39, 0.29) is 11.5 Å². The van der Waals surface area contributed by atoms with E-state index in [1.165, 1.54) is 42.1 Å². The molecule has 0 spiro atoms. The van der Waals surface area contributed by atoms with E-state index in [2.05, 4.69) is 10.6 Å². The molecule has 3 rings (SSSR count). The highest BCUT2D eigenvalue weighted by Gasteiger charge is 2.18. The van der Waals surface area contributed by atoms with Gasteiger partial charge in [-0.15, -0.1) is 11.8 Å². The van der Waals surface area contributed by atoms with Gasteiger partial charge in [0, 0.05) is 10.6 Å². The van der Waals surface area contributed by atoms with Gasteiger partial charge in [0.25, 0.3) is 5.91 Å². The van der Waals surface area contributed by atoms with Crippen LogP contribution in [-0.2, 0) is 14.3 Å². The van der Waals surface area contributed by atoms with Crippen molar-refractivity contribution in [2.45, 2.75) is 4.90 Å². The highest BCUT2D eigenvalue weighted by atomic mass is 32.2. The lowest BCUT2D eigenvalue weighted by atomic mass is 10.2. The Hall–Kier alpha value is -2.87. The molecule has 1 aliphatic heterocycles. The zero-order valence-electron chi connectivity index (χ0n) is 12.9. The topological polar surface area (TPSA) is 84.5 Å². The van der Waals surface area contributed by atoms with Gasteiger partial charge in [0.2, 0.25) is 5.91 Å². The number of carbonyl (C=O) groups is 3. The Morgan fingerprint density at radius 1 is 1.20 bits per heavy atom. The number of esters is 1. The van der Waals surface area contributed by atoms with E-state index in [9.17, 15) is 18.8 Å². The van der Waals surface area contributed by atoms with Gasteiger partial charge in [-0.2, -0.15) is 0 Å². The molecule has 2 amide bonds. The van der Waals surface area contributed by atoms with Crippen molar-refractivity contribution >= 4 is 40.9 Å². The summed E-state index contributed by atoms with van der Waals surface area (Å²) in [5.74, 6) is -1.44. The van der Waals surface area contributed by atoms with Crippen LogP contribution in [0.15, 0.2) is 47.4 Å². The Bertz CT molecular complexity index is 839. The molecule has 6 nitrogen and oxygen atoms in total. The molecule has 0 aromatic heterocycles. The molecule has 0 aliphatic carbocycles. The van der Waals surface area contributed by atoms with Crippen molar-refractivity contribution in [3.8, 4) is 0 Å². The van der Waals surface area contributed by atoms with Gasteiger partial charge in [-0.05, 0) is 42.5 Å². The monoisotopic (exact) mass is 360 g/mol. The molecule has 0 fully saturated rings. The Kier molecular flexibility index (Phi) is 4.99. The molecule has 0 saturated carbocycles. The number of amides is 2. The molecule has 2 aromatic rings. The van der Waals surface area contributed by atoms with Gasteiger partial charge >= 0.3 is 5.97 Å². The number of hydrogen-bond donors (Lipinski definition) is 2. The molecule has 0 saturated heterocycles. The third-order valence-corrected chi connectivity index (χ3v) is 4.38. The molecular formula is C17H13FN2O4S. The van der Waals surface area contributed by atoms with Crippen LogP contribution in [0, 0.1) is 5.82 Å². The molecule has 0 radical (unpaired) electrons. The second-order valence-corrected chi connectivity index (χ2v) is 6.20. The highest BCUT2D eigenvalue weighted by molar-refractivity contribution is 8.00. The first-order chi connectivity index (χ1) is 12.0. The second kappa shape index (κ2) is 7.35. The lowest BCUT2D eigenvalue weighted by molar-refractivity contribution is -0.119. The fourth-order valence-corrected chi connectivity index (χ4v) is 2.94. The molecular weight excluding hydrogens is 347 g/mol. The molecule has 0 bridgehead atoms. The zero-order valence-corrected chi connectivity index (χ0v) is 13.7. The lowest BCUT2D eigenvalue weighted by Crippen LogP contribution is -2.22. The normalized spacial score (nSPS) is 12.8. The first-order valence-electron chi connectivity index (χ1n) is 7.30.